The Kier molecular flexibility index (Phi) is 6.84. The van der Waals surface area contributed by atoms with Gasteiger partial charge in [-0.25, -0.2) is 0 Å². The maximum Gasteiger partial charge on any atom is 0.258 e. The van der Waals surface area contributed by atoms with Gasteiger partial charge in [0.1, 0.15) is 5.75 Å². The van der Waals surface area contributed by atoms with Crippen molar-refractivity contribution in [3.05, 3.63) is 124 Å². The first-order valence-electron chi connectivity index (χ1n) is 11.3. The van der Waals surface area contributed by atoms with E-state index < -0.39 is 0 Å². The third kappa shape index (κ3) is 4.65. The van der Waals surface area contributed by atoms with Gasteiger partial charge < -0.3 is 9.67 Å². The van der Waals surface area contributed by atoms with Crippen molar-refractivity contribution < 1.29 is 9.90 Å². The molecule has 0 saturated heterocycles. The number of pyridine rings is 1. The summed E-state index contributed by atoms with van der Waals surface area (Å²) in [5, 5.41) is 11.3. The second kappa shape index (κ2) is 10.1. The van der Waals surface area contributed by atoms with Crippen molar-refractivity contribution in [2.24, 2.45) is 0 Å². The van der Waals surface area contributed by atoms with Gasteiger partial charge in [0.2, 0.25) is 0 Å². The standard InChI is InChI=1S/C29H27NO3/c1-2-3-19-24-28(32)25(27(31)23-17-11-6-12-18-23)26(22-15-9-5-10-16-22)30(29(24)33)20-21-13-7-4-8-14-21/h4-18,32H,2-3,19-20H2,1H3. The van der Waals surface area contributed by atoms with Crippen molar-refractivity contribution in [2.75, 3.05) is 0 Å². The van der Waals surface area contributed by atoms with Crippen molar-refractivity contribution >= 4 is 5.78 Å². The fourth-order valence-electron chi connectivity index (χ4n) is 4.10. The van der Waals surface area contributed by atoms with Crippen LogP contribution in [0.25, 0.3) is 11.3 Å². The molecule has 1 heterocycles. The Morgan fingerprint density at radius 3 is 2.03 bits per heavy atom. The first-order chi connectivity index (χ1) is 16.1. The highest BCUT2D eigenvalue weighted by Crippen LogP contribution is 2.34. The molecule has 4 aromatic rings. The monoisotopic (exact) mass is 437 g/mol. The molecule has 3 aromatic carbocycles. The first kappa shape index (κ1) is 22.3. The van der Waals surface area contributed by atoms with Gasteiger partial charge in [0.15, 0.2) is 5.78 Å². The van der Waals surface area contributed by atoms with Gasteiger partial charge in [-0.05, 0) is 24.0 Å². The van der Waals surface area contributed by atoms with E-state index in [4.69, 9.17) is 0 Å². The number of aromatic nitrogens is 1. The second-order valence-corrected chi connectivity index (χ2v) is 8.09. The minimum absolute atomic E-state index is 0.175. The van der Waals surface area contributed by atoms with Crippen molar-refractivity contribution in [2.45, 2.75) is 32.7 Å². The molecule has 0 aliphatic carbocycles. The molecule has 1 aromatic heterocycles. The average molecular weight is 438 g/mol. The number of nitrogens with zero attached hydrogens (tertiary/aromatic N) is 1. The zero-order chi connectivity index (χ0) is 23.2. The van der Waals surface area contributed by atoms with Gasteiger partial charge in [-0.15, -0.1) is 0 Å². The molecule has 0 atom stereocenters. The number of carbonyl (C=O) groups is 1. The topological polar surface area (TPSA) is 59.3 Å². The highest BCUT2D eigenvalue weighted by atomic mass is 16.3. The Morgan fingerprint density at radius 2 is 1.42 bits per heavy atom. The van der Waals surface area contributed by atoms with Gasteiger partial charge in [-0.2, -0.15) is 0 Å². The van der Waals surface area contributed by atoms with Crippen LogP contribution >= 0.6 is 0 Å². The summed E-state index contributed by atoms with van der Waals surface area (Å²) in [5.74, 6) is -0.503. The molecule has 0 bridgehead atoms. The number of rotatable bonds is 8. The van der Waals surface area contributed by atoms with E-state index >= 15 is 0 Å². The molecule has 4 rings (SSSR count). The van der Waals surface area contributed by atoms with E-state index in [2.05, 4.69) is 0 Å². The normalized spacial score (nSPS) is 10.8. The molecule has 0 aliphatic heterocycles. The third-order valence-corrected chi connectivity index (χ3v) is 5.81. The molecule has 0 amide bonds. The van der Waals surface area contributed by atoms with Gasteiger partial charge in [0, 0.05) is 5.56 Å². The van der Waals surface area contributed by atoms with Gasteiger partial charge in [-0.3, -0.25) is 9.59 Å². The summed E-state index contributed by atoms with van der Waals surface area (Å²) in [6, 6.07) is 27.9. The number of ketones is 1. The number of aromatic hydroxyl groups is 1. The number of hydrogen-bond acceptors (Lipinski definition) is 3. The SMILES string of the molecule is CCCCc1c(O)c(C(=O)c2ccccc2)c(-c2ccccc2)n(Cc2ccccc2)c1=O. The van der Waals surface area contributed by atoms with Crippen LogP contribution in [-0.4, -0.2) is 15.5 Å². The smallest absolute Gasteiger partial charge is 0.258 e. The van der Waals surface area contributed by atoms with E-state index in [9.17, 15) is 14.7 Å². The van der Waals surface area contributed by atoms with Crippen LogP contribution in [-0.2, 0) is 13.0 Å². The lowest BCUT2D eigenvalue weighted by Gasteiger charge is -2.21. The van der Waals surface area contributed by atoms with E-state index in [1.165, 1.54) is 0 Å². The molecular formula is C29H27NO3. The van der Waals surface area contributed by atoms with Crippen LogP contribution in [0, 0.1) is 0 Å². The Labute approximate surface area is 193 Å². The lowest BCUT2D eigenvalue weighted by Crippen LogP contribution is -2.29. The van der Waals surface area contributed by atoms with Crippen LogP contribution in [0.3, 0.4) is 0 Å². The lowest BCUT2D eigenvalue weighted by molar-refractivity contribution is 0.103. The van der Waals surface area contributed by atoms with Crippen LogP contribution in [0.1, 0.15) is 46.8 Å². The molecule has 0 unspecified atom stereocenters. The van der Waals surface area contributed by atoms with Crippen molar-refractivity contribution in [3.63, 3.8) is 0 Å². The Hall–Kier alpha value is -3.92. The molecule has 4 nitrogen and oxygen atoms in total. The molecule has 33 heavy (non-hydrogen) atoms. The largest absolute Gasteiger partial charge is 0.507 e. The summed E-state index contributed by atoms with van der Waals surface area (Å²) in [6.45, 7) is 2.34. The molecule has 0 fully saturated rings. The molecule has 166 valence electrons. The predicted molar refractivity (Wildman–Crippen MR) is 132 cm³/mol. The van der Waals surface area contributed by atoms with E-state index in [1.54, 1.807) is 28.8 Å². The van der Waals surface area contributed by atoms with Crippen molar-refractivity contribution in [3.8, 4) is 17.0 Å². The van der Waals surface area contributed by atoms with Gasteiger partial charge in [-0.1, -0.05) is 104 Å². The molecule has 0 saturated carbocycles. The van der Waals surface area contributed by atoms with Crippen LogP contribution in [0.5, 0.6) is 5.75 Å². The minimum Gasteiger partial charge on any atom is -0.507 e. The van der Waals surface area contributed by atoms with E-state index in [-0.39, 0.29) is 22.7 Å². The third-order valence-electron chi connectivity index (χ3n) is 5.81. The van der Waals surface area contributed by atoms with Gasteiger partial charge in [0.25, 0.3) is 5.56 Å². The second-order valence-electron chi connectivity index (χ2n) is 8.09. The maximum atomic E-state index is 13.7. The summed E-state index contributed by atoms with van der Waals surface area (Å²) in [4.78, 5) is 27.4. The molecule has 0 spiro atoms. The van der Waals surface area contributed by atoms with E-state index in [0.717, 1.165) is 18.4 Å². The summed E-state index contributed by atoms with van der Waals surface area (Å²) in [5.41, 5.74) is 2.78. The fraction of sp³-hybridized carbons (Fsp3) is 0.172. The summed E-state index contributed by atoms with van der Waals surface area (Å²) >= 11 is 0. The molecular weight excluding hydrogens is 410 g/mol. The van der Waals surface area contributed by atoms with E-state index in [1.807, 2.05) is 73.7 Å². The molecule has 1 N–H and O–H groups in total. The molecule has 0 aliphatic rings. The van der Waals surface area contributed by atoms with Crippen LogP contribution in [0.4, 0.5) is 0 Å². The Bertz CT molecular complexity index is 1290. The number of hydrogen-bond donors (Lipinski definition) is 1. The zero-order valence-corrected chi connectivity index (χ0v) is 18.7. The minimum atomic E-state index is -0.300. The lowest BCUT2D eigenvalue weighted by atomic mass is 9.93. The van der Waals surface area contributed by atoms with Crippen molar-refractivity contribution in [1.29, 1.82) is 0 Å². The summed E-state index contributed by atoms with van der Waals surface area (Å²) in [6.07, 6.45) is 2.04. The number of carbonyl (C=O) groups excluding carboxylic acids is 1. The molecule has 0 radical (unpaired) electrons. The Balaban J connectivity index is 2.05. The number of benzene rings is 3. The zero-order valence-electron chi connectivity index (χ0n) is 18.7. The quantitative estimate of drug-likeness (QED) is 0.352. The molecule has 4 heteroatoms. The van der Waals surface area contributed by atoms with Crippen LogP contribution in [0.2, 0.25) is 0 Å². The predicted octanol–water partition coefficient (Wildman–Crippen LogP) is 5.84. The maximum absolute atomic E-state index is 13.7. The summed E-state index contributed by atoms with van der Waals surface area (Å²) in [7, 11) is 0. The highest BCUT2D eigenvalue weighted by Gasteiger charge is 2.27. The van der Waals surface area contributed by atoms with Crippen LogP contribution < -0.4 is 5.56 Å². The average Bonchev–Trinajstić information content (AvgIpc) is 2.87. The van der Waals surface area contributed by atoms with Crippen LogP contribution in [0.15, 0.2) is 95.8 Å². The number of unbranched alkanes of at least 4 members (excludes halogenated alkanes) is 1. The first-order valence-corrected chi connectivity index (χ1v) is 11.3. The highest BCUT2D eigenvalue weighted by molar-refractivity contribution is 6.14. The van der Waals surface area contributed by atoms with Gasteiger partial charge >= 0.3 is 0 Å². The fourth-order valence-corrected chi connectivity index (χ4v) is 4.10. The van der Waals surface area contributed by atoms with Gasteiger partial charge in [0.05, 0.1) is 23.4 Å². The van der Waals surface area contributed by atoms with Crippen molar-refractivity contribution in [1.82, 2.24) is 4.57 Å². The van der Waals surface area contributed by atoms with E-state index in [0.29, 0.717) is 35.3 Å². The Morgan fingerprint density at radius 1 is 0.848 bits per heavy atom. The summed E-state index contributed by atoms with van der Waals surface area (Å²) < 4.78 is 1.64.